The molecule has 334 valence electrons. The van der Waals surface area contributed by atoms with Crippen LogP contribution in [0.4, 0.5) is 34.1 Å². The van der Waals surface area contributed by atoms with Crippen LogP contribution in [-0.2, 0) is 0 Å². The van der Waals surface area contributed by atoms with Crippen molar-refractivity contribution < 1.29 is 0 Å². The molecule has 0 bridgehead atoms. The molecule has 0 radical (unpaired) electrons. The van der Waals surface area contributed by atoms with Gasteiger partial charge in [-0.05, 0) is 94.5 Å². The molecular formula is C66H42N2S3. The first-order chi connectivity index (χ1) is 35.2. The summed E-state index contributed by atoms with van der Waals surface area (Å²) in [4.78, 5) is 5.01. The molecule has 2 nitrogen and oxygen atoms in total. The highest BCUT2D eigenvalue weighted by atomic mass is 32.1. The number of hydrogen-bond donors (Lipinski definition) is 0. The Morgan fingerprint density at radius 3 is 1.08 bits per heavy atom. The monoisotopic (exact) mass is 958 g/mol. The normalized spacial score (nSPS) is 11.7. The van der Waals surface area contributed by atoms with E-state index in [1.54, 1.807) is 0 Å². The molecule has 11 aromatic carbocycles. The highest BCUT2D eigenvalue weighted by molar-refractivity contribution is 7.27. The predicted octanol–water partition coefficient (Wildman–Crippen LogP) is 20.7. The summed E-state index contributed by atoms with van der Waals surface area (Å²) in [6.07, 6.45) is 0. The summed E-state index contributed by atoms with van der Waals surface area (Å²) < 4.78 is 7.67. The Morgan fingerprint density at radius 1 is 0.225 bits per heavy atom. The van der Waals surface area contributed by atoms with Crippen molar-refractivity contribution in [2.24, 2.45) is 0 Å². The Balaban J connectivity index is 0.966. The lowest BCUT2D eigenvalue weighted by Gasteiger charge is -2.30. The van der Waals surface area contributed by atoms with Crippen molar-refractivity contribution in [3.05, 3.63) is 255 Å². The van der Waals surface area contributed by atoms with Gasteiger partial charge in [0.25, 0.3) is 0 Å². The molecule has 14 rings (SSSR count). The molecule has 0 amide bonds. The lowest BCUT2D eigenvalue weighted by atomic mass is 9.98. The van der Waals surface area contributed by atoms with E-state index in [1.165, 1.54) is 88.6 Å². The SMILES string of the molecule is c1ccc(-c2ccc(-c3cccc(N(c4ccccc4-c4cccc(N(c5cccc6c5sc5ccccc56)c5cccc6c5sc5ccccc56)c4)c4cccc5c4sc4ccccc45)c3)cc2)cc1. The van der Waals surface area contributed by atoms with E-state index in [4.69, 9.17) is 0 Å². The van der Waals surface area contributed by atoms with Crippen molar-refractivity contribution >= 4 is 129 Å². The van der Waals surface area contributed by atoms with Gasteiger partial charge in [0.15, 0.2) is 0 Å². The first-order valence-electron chi connectivity index (χ1n) is 24.0. The van der Waals surface area contributed by atoms with Gasteiger partial charge in [0.2, 0.25) is 0 Å². The van der Waals surface area contributed by atoms with Crippen LogP contribution in [0.25, 0.3) is 93.9 Å². The van der Waals surface area contributed by atoms with Crippen LogP contribution >= 0.6 is 34.0 Å². The third-order valence-corrected chi connectivity index (χ3v) is 17.5. The molecule has 0 aliphatic rings. The minimum atomic E-state index is 1.10. The van der Waals surface area contributed by atoms with Gasteiger partial charge in [0.05, 0.1) is 36.8 Å². The van der Waals surface area contributed by atoms with Gasteiger partial charge in [0, 0.05) is 63.4 Å². The second-order valence-corrected chi connectivity index (χ2v) is 21.1. The maximum atomic E-state index is 2.52. The zero-order valence-electron chi connectivity index (χ0n) is 38.4. The lowest BCUT2D eigenvalue weighted by Crippen LogP contribution is -2.12. The van der Waals surface area contributed by atoms with E-state index in [1.807, 2.05) is 34.0 Å². The molecule has 0 saturated heterocycles. The minimum Gasteiger partial charge on any atom is -0.308 e. The summed E-state index contributed by atoms with van der Waals surface area (Å²) in [5, 5.41) is 7.68. The van der Waals surface area contributed by atoms with E-state index in [9.17, 15) is 0 Å². The van der Waals surface area contributed by atoms with Crippen molar-refractivity contribution in [1.29, 1.82) is 0 Å². The molecule has 0 atom stereocenters. The standard InChI is InChI=1S/C66H42N2S3/c1-2-17-43(18-3-1)44-37-39-45(40-38-44)46-19-12-21-48(41-46)67(58-31-14-27-54-51-24-5-9-34-61(51)69-64(54)58)57-30-8-4-23-50(57)47-20-13-22-49(42-47)68(59-32-15-28-55-52-25-6-10-35-62(52)70-65(55)59)60-33-16-29-56-53-26-7-11-36-63(53)71-66(56)60/h1-42H. The second-order valence-electron chi connectivity index (χ2n) is 18.0. The number of benzene rings is 11. The van der Waals surface area contributed by atoms with Crippen molar-refractivity contribution in [2.45, 2.75) is 0 Å². The lowest BCUT2D eigenvalue weighted by molar-refractivity contribution is 1.30. The summed E-state index contributed by atoms with van der Waals surface area (Å²) in [5.74, 6) is 0. The van der Waals surface area contributed by atoms with Crippen LogP contribution in [0.1, 0.15) is 0 Å². The molecule has 71 heavy (non-hydrogen) atoms. The Morgan fingerprint density at radius 2 is 0.563 bits per heavy atom. The van der Waals surface area contributed by atoms with E-state index in [-0.39, 0.29) is 0 Å². The predicted molar refractivity (Wildman–Crippen MR) is 311 cm³/mol. The van der Waals surface area contributed by atoms with Crippen LogP contribution in [0, 0.1) is 0 Å². The molecule has 0 spiro atoms. The maximum Gasteiger partial charge on any atom is 0.0640 e. The molecule has 0 aliphatic carbocycles. The van der Waals surface area contributed by atoms with Gasteiger partial charge >= 0.3 is 0 Å². The summed E-state index contributed by atoms with van der Waals surface area (Å²) in [5.41, 5.74) is 13.8. The molecule has 5 heteroatoms. The average molecular weight is 959 g/mol. The first-order valence-corrected chi connectivity index (χ1v) is 26.4. The summed E-state index contributed by atoms with van der Waals surface area (Å²) in [7, 11) is 0. The van der Waals surface area contributed by atoms with Gasteiger partial charge in [-0.1, -0.05) is 188 Å². The quantitative estimate of drug-likeness (QED) is 0.142. The summed E-state index contributed by atoms with van der Waals surface area (Å²) in [6, 6.07) is 93.7. The van der Waals surface area contributed by atoms with Gasteiger partial charge in [-0.15, -0.1) is 34.0 Å². The number of fused-ring (bicyclic) bond motifs is 9. The molecule has 0 aliphatic heterocycles. The third-order valence-electron chi connectivity index (χ3n) is 13.9. The van der Waals surface area contributed by atoms with Crippen LogP contribution in [0.5, 0.6) is 0 Å². The van der Waals surface area contributed by atoms with E-state index < -0.39 is 0 Å². The Labute approximate surface area is 423 Å². The van der Waals surface area contributed by atoms with Gasteiger partial charge < -0.3 is 9.80 Å². The minimum absolute atomic E-state index is 1.10. The van der Waals surface area contributed by atoms with Crippen molar-refractivity contribution in [2.75, 3.05) is 9.80 Å². The maximum absolute atomic E-state index is 2.52. The molecule has 0 N–H and O–H groups in total. The number of thiophene rings is 3. The fraction of sp³-hybridized carbons (Fsp3) is 0. The van der Waals surface area contributed by atoms with Gasteiger partial charge in [-0.25, -0.2) is 0 Å². The highest BCUT2D eigenvalue weighted by Crippen LogP contribution is 2.51. The largest absolute Gasteiger partial charge is 0.308 e. The van der Waals surface area contributed by atoms with Gasteiger partial charge in [-0.2, -0.15) is 0 Å². The Kier molecular flexibility index (Phi) is 10.1. The topological polar surface area (TPSA) is 6.48 Å². The van der Waals surface area contributed by atoms with Gasteiger partial charge in [0.1, 0.15) is 0 Å². The smallest absolute Gasteiger partial charge is 0.0640 e. The van der Waals surface area contributed by atoms with Crippen LogP contribution < -0.4 is 9.80 Å². The number of nitrogens with zero attached hydrogens (tertiary/aromatic N) is 2. The zero-order valence-corrected chi connectivity index (χ0v) is 40.8. The number of hydrogen-bond acceptors (Lipinski definition) is 5. The molecule has 0 unspecified atom stereocenters. The van der Waals surface area contributed by atoms with Crippen LogP contribution in [-0.4, -0.2) is 0 Å². The third kappa shape index (κ3) is 7.12. The molecule has 3 heterocycles. The fourth-order valence-corrected chi connectivity index (χ4v) is 14.2. The molecule has 3 aromatic heterocycles. The average Bonchev–Trinajstić information content (AvgIpc) is 4.15. The molecular weight excluding hydrogens is 917 g/mol. The highest BCUT2D eigenvalue weighted by Gasteiger charge is 2.25. The number of anilines is 6. The van der Waals surface area contributed by atoms with Crippen LogP contribution in [0.2, 0.25) is 0 Å². The van der Waals surface area contributed by atoms with Crippen molar-refractivity contribution in [1.82, 2.24) is 0 Å². The Bertz CT molecular complexity index is 4200. The zero-order chi connectivity index (χ0) is 46.8. The van der Waals surface area contributed by atoms with E-state index >= 15 is 0 Å². The fourth-order valence-electron chi connectivity index (χ4n) is 10.6. The van der Waals surface area contributed by atoms with Gasteiger partial charge in [-0.3, -0.25) is 0 Å². The summed E-state index contributed by atoms with van der Waals surface area (Å²) >= 11 is 5.62. The van der Waals surface area contributed by atoms with E-state index in [0.717, 1.165) is 39.4 Å². The molecule has 14 aromatic rings. The molecule has 0 saturated carbocycles. The van der Waals surface area contributed by atoms with E-state index in [2.05, 4.69) is 265 Å². The van der Waals surface area contributed by atoms with Crippen molar-refractivity contribution in [3.63, 3.8) is 0 Å². The molecule has 0 fully saturated rings. The van der Waals surface area contributed by atoms with E-state index in [0.29, 0.717) is 0 Å². The number of rotatable bonds is 9. The van der Waals surface area contributed by atoms with Crippen molar-refractivity contribution in [3.8, 4) is 33.4 Å². The first kappa shape index (κ1) is 41.6. The Hall–Kier alpha value is -8.32. The second kappa shape index (κ2) is 17.3. The van der Waals surface area contributed by atoms with Crippen LogP contribution in [0.3, 0.4) is 0 Å². The summed E-state index contributed by atoms with van der Waals surface area (Å²) in [6.45, 7) is 0. The number of para-hydroxylation sites is 1. The van der Waals surface area contributed by atoms with Crippen LogP contribution in [0.15, 0.2) is 255 Å².